The number of amides is 1. The summed E-state index contributed by atoms with van der Waals surface area (Å²) in [6.45, 7) is 1.28. The van der Waals surface area contributed by atoms with Crippen molar-refractivity contribution < 1.29 is 23.8 Å². The highest BCUT2D eigenvalue weighted by Gasteiger charge is 2.15. The number of aromatic nitrogens is 1. The van der Waals surface area contributed by atoms with Gasteiger partial charge in [0.2, 0.25) is 5.75 Å². The van der Waals surface area contributed by atoms with E-state index in [1.807, 2.05) is 0 Å². The van der Waals surface area contributed by atoms with E-state index in [2.05, 4.69) is 15.5 Å². The van der Waals surface area contributed by atoms with Gasteiger partial charge in [0, 0.05) is 30.4 Å². The molecule has 130 valence electrons. The number of hydrogen-bond donors (Lipinski definition) is 1. The summed E-state index contributed by atoms with van der Waals surface area (Å²) < 4.78 is 15.5. The van der Waals surface area contributed by atoms with Gasteiger partial charge in [-0.1, -0.05) is 0 Å². The molecule has 1 heterocycles. The molecule has 2 aromatic rings. The van der Waals surface area contributed by atoms with Crippen molar-refractivity contribution in [3.05, 3.63) is 47.8 Å². The Morgan fingerprint density at radius 2 is 1.72 bits per heavy atom. The average Bonchev–Trinajstić information content (AvgIpc) is 2.62. The van der Waals surface area contributed by atoms with E-state index in [0.29, 0.717) is 22.6 Å². The standard InChI is InChI=1S/C17H17N3O5/c1-11(21)25-16-14(23-2)8-12(9-15(16)24-3)10-19-20-17(22)13-4-6-18-7-5-13/h4-10H,1-3H3,(H,20,22). The highest BCUT2D eigenvalue weighted by Crippen LogP contribution is 2.38. The lowest BCUT2D eigenvalue weighted by molar-refractivity contribution is -0.132. The lowest BCUT2D eigenvalue weighted by Gasteiger charge is -2.13. The molecule has 0 bridgehead atoms. The number of nitrogens with zero attached hydrogens (tertiary/aromatic N) is 2. The lowest BCUT2D eigenvalue weighted by Crippen LogP contribution is -2.17. The SMILES string of the molecule is COc1cc(C=NNC(=O)c2ccncc2)cc(OC)c1OC(C)=O. The van der Waals surface area contributed by atoms with Crippen LogP contribution in [0.1, 0.15) is 22.8 Å². The third-order valence-corrected chi connectivity index (χ3v) is 3.05. The minimum absolute atomic E-state index is 0.176. The third kappa shape index (κ3) is 4.77. The van der Waals surface area contributed by atoms with Gasteiger partial charge in [0.25, 0.3) is 5.91 Å². The normalized spacial score (nSPS) is 10.4. The second-order valence-electron chi connectivity index (χ2n) is 4.78. The van der Waals surface area contributed by atoms with Crippen LogP contribution in [0.2, 0.25) is 0 Å². The fourth-order valence-corrected chi connectivity index (χ4v) is 1.95. The second kappa shape index (κ2) is 8.44. The molecule has 0 aliphatic heterocycles. The van der Waals surface area contributed by atoms with Crippen molar-refractivity contribution in [1.82, 2.24) is 10.4 Å². The minimum Gasteiger partial charge on any atom is -0.493 e. The summed E-state index contributed by atoms with van der Waals surface area (Å²) in [4.78, 5) is 26.9. The van der Waals surface area contributed by atoms with Crippen molar-refractivity contribution in [2.45, 2.75) is 6.92 Å². The van der Waals surface area contributed by atoms with Crippen molar-refractivity contribution in [3.8, 4) is 17.2 Å². The molecule has 1 amide bonds. The highest BCUT2D eigenvalue weighted by molar-refractivity contribution is 5.94. The Balaban J connectivity index is 2.19. The largest absolute Gasteiger partial charge is 0.493 e. The molecule has 2 rings (SSSR count). The zero-order chi connectivity index (χ0) is 18.2. The van der Waals surface area contributed by atoms with E-state index in [1.54, 1.807) is 24.3 Å². The van der Waals surface area contributed by atoms with Gasteiger partial charge in [-0.05, 0) is 24.3 Å². The number of esters is 1. The zero-order valence-corrected chi connectivity index (χ0v) is 14.0. The first-order chi connectivity index (χ1) is 12.0. The summed E-state index contributed by atoms with van der Waals surface area (Å²) in [6.07, 6.45) is 4.45. The van der Waals surface area contributed by atoms with E-state index in [0.717, 1.165) is 0 Å². The zero-order valence-electron chi connectivity index (χ0n) is 14.0. The Labute approximate surface area is 144 Å². The van der Waals surface area contributed by atoms with Crippen molar-refractivity contribution >= 4 is 18.1 Å². The van der Waals surface area contributed by atoms with Crippen LogP contribution in [0.25, 0.3) is 0 Å². The first-order valence-corrected chi connectivity index (χ1v) is 7.23. The van der Waals surface area contributed by atoms with Gasteiger partial charge < -0.3 is 14.2 Å². The molecule has 0 saturated carbocycles. The first-order valence-electron chi connectivity index (χ1n) is 7.23. The molecule has 8 heteroatoms. The molecule has 0 aliphatic rings. The predicted octanol–water partition coefficient (Wildman–Crippen LogP) is 1.79. The van der Waals surface area contributed by atoms with Crippen LogP contribution >= 0.6 is 0 Å². The van der Waals surface area contributed by atoms with E-state index < -0.39 is 5.97 Å². The fourth-order valence-electron chi connectivity index (χ4n) is 1.95. The van der Waals surface area contributed by atoms with Gasteiger partial charge in [-0.25, -0.2) is 5.43 Å². The molecule has 25 heavy (non-hydrogen) atoms. The van der Waals surface area contributed by atoms with Crippen molar-refractivity contribution in [2.75, 3.05) is 14.2 Å². The maximum Gasteiger partial charge on any atom is 0.308 e. The fraction of sp³-hybridized carbons (Fsp3) is 0.176. The van der Waals surface area contributed by atoms with Gasteiger partial charge in [-0.2, -0.15) is 5.10 Å². The maximum atomic E-state index is 11.9. The monoisotopic (exact) mass is 343 g/mol. The number of benzene rings is 1. The van der Waals surface area contributed by atoms with Crippen LogP contribution in [0.3, 0.4) is 0 Å². The van der Waals surface area contributed by atoms with Crippen LogP contribution in [-0.2, 0) is 4.79 Å². The number of carbonyl (C=O) groups excluding carboxylic acids is 2. The summed E-state index contributed by atoms with van der Waals surface area (Å²) in [7, 11) is 2.88. The highest BCUT2D eigenvalue weighted by atomic mass is 16.6. The Bertz CT molecular complexity index is 765. The molecule has 1 N–H and O–H groups in total. The maximum absolute atomic E-state index is 11.9. The Kier molecular flexibility index (Phi) is 6.05. The number of carbonyl (C=O) groups is 2. The van der Waals surface area contributed by atoms with Gasteiger partial charge >= 0.3 is 5.97 Å². The smallest absolute Gasteiger partial charge is 0.308 e. The third-order valence-electron chi connectivity index (χ3n) is 3.05. The van der Waals surface area contributed by atoms with Gasteiger partial charge in [-0.15, -0.1) is 0 Å². The number of hydrazone groups is 1. The molecular formula is C17H17N3O5. The van der Waals surface area contributed by atoms with Gasteiger partial charge in [0.1, 0.15) is 0 Å². The minimum atomic E-state index is -0.498. The van der Waals surface area contributed by atoms with Crippen LogP contribution < -0.4 is 19.6 Å². The van der Waals surface area contributed by atoms with Crippen molar-refractivity contribution in [3.63, 3.8) is 0 Å². The summed E-state index contributed by atoms with van der Waals surface area (Å²) in [5.41, 5.74) is 3.43. The summed E-state index contributed by atoms with van der Waals surface area (Å²) in [5.74, 6) is -0.0832. The number of pyridine rings is 1. The Morgan fingerprint density at radius 1 is 1.12 bits per heavy atom. The van der Waals surface area contributed by atoms with Crippen molar-refractivity contribution in [1.29, 1.82) is 0 Å². The molecule has 0 fully saturated rings. The number of hydrogen-bond acceptors (Lipinski definition) is 7. The van der Waals surface area contributed by atoms with Crippen LogP contribution in [0.4, 0.5) is 0 Å². The quantitative estimate of drug-likeness (QED) is 0.371. The van der Waals surface area contributed by atoms with Gasteiger partial charge in [0.05, 0.1) is 20.4 Å². The van der Waals surface area contributed by atoms with Crippen LogP contribution in [-0.4, -0.2) is 37.3 Å². The summed E-state index contributed by atoms with van der Waals surface area (Å²) in [5, 5.41) is 3.90. The van der Waals surface area contributed by atoms with E-state index in [1.165, 1.54) is 39.8 Å². The number of ether oxygens (including phenoxy) is 3. The summed E-state index contributed by atoms with van der Waals surface area (Å²) >= 11 is 0. The molecule has 0 aliphatic carbocycles. The molecule has 0 radical (unpaired) electrons. The average molecular weight is 343 g/mol. The van der Waals surface area contributed by atoms with E-state index in [9.17, 15) is 9.59 Å². The van der Waals surface area contributed by atoms with Crippen LogP contribution in [0, 0.1) is 0 Å². The summed E-state index contributed by atoms with van der Waals surface area (Å²) in [6, 6.07) is 6.35. The number of methoxy groups -OCH3 is 2. The van der Waals surface area contributed by atoms with E-state index >= 15 is 0 Å². The molecule has 1 aromatic heterocycles. The Hall–Kier alpha value is -3.42. The first kappa shape index (κ1) is 17.9. The lowest BCUT2D eigenvalue weighted by atomic mass is 10.2. The van der Waals surface area contributed by atoms with Gasteiger partial charge in [-0.3, -0.25) is 14.6 Å². The molecule has 0 atom stereocenters. The molecule has 1 aromatic carbocycles. The van der Waals surface area contributed by atoms with E-state index in [-0.39, 0.29) is 11.7 Å². The molecule has 0 saturated heterocycles. The Morgan fingerprint density at radius 3 is 2.24 bits per heavy atom. The van der Waals surface area contributed by atoms with Crippen LogP contribution in [0.5, 0.6) is 17.2 Å². The van der Waals surface area contributed by atoms with Crippen LogP contribution in [0.15, 0.2) is 41.8 Å². The number of nitrogens with one attached hydrogen (secondary N) is 1. The topological polar surface area (TPSA) is 99.1 Å². The second-order valence-corrected chi connectivity index (χ2v) is 4.78. The molecular weight excluding hydrogens is 326 g/mol. The van der Waals surface area contributed by atoms with Gasteiger partial charge in [0.15, 0.2) is 11.5 Å². The van der Waals surface area contributed by atoms with Crippen molar-refractivity contribution in [2.24, 2.45) is 5.10 Å². The molecule has 0 unspecified atom stereocenters. The molecule has 8 nitrogen and oxygen atoms in total. The van der Waals surface area contributed by atoms with E-state index in [4.69, 9.17) is 14.2 Å². The number of rotatable bonds is 6. The molecule has 0 spiro atoms. The predicted molar refractivity (Wildman–Crippen MR) is 90.2 cm³/mol.